The van der Waals surface area contributed by atoms with Crippen LogP contribution in [0.1, 0.15) is 26.6 Å². The normalized spacial score (nSPS) is 11.1. The van der Waals surface area contributed by atoms with Crippen LogP contribution in [0.25, 0.3) is 0 Å². The Kier molecular flexibility index (Phi) is 9.98. The van der Waals surface area contributed by atoms with E-state index in [-0.39, 0.29) is 24.0 Å². The summed E-state index contributed by atoms with van der Waals surface area (Å²) in [6.45, 7) is 8.45. The summed E-state index contributed by atoms with van der Waals surface area (Å²) in [5.41, 5.74) is 0.865. The van der Waals surface area contributed by atoms with Crippen molar-refractivity contribution >= 4 is 35.6 Å². The average Bonchev–Trinajstić information content (AvgIpc) is 3.06. The van der Waals surface area contributed by atoms with Crippen molar-refractivity contribution in [1.82, 2.24) is 14.9 Å². The number of ether oxygens (including phenoxy) is 2. The van der Waals surface area contributed by atoms with Crippen LogP contribution in [-0.4, -0.2) is 36.3 Å². The van der Waals surface area contributed by atoms with Crippen molar-refractivity contribution in [2.45, 2.75) is 33.9 Å². The van der Waals surface area contributed by atoms with E-state index in [9.17, 15) is 0 Å². The molecule has 27 heavy (non-hydrogen) atoms. The first-order chi connectivity index (χ1) is 12.6. The first-order valence-electron chi connectivity index (χ1n) is 8.85. The van der Waals surface area contributed by atoms with Gasteiger partial charge in [0.2, 0.25) is 0 Å². The van der Waals surface area contributed by atoms with E-state index in [1.54, 1.807) is 14.2 Å². The summed E-state index contributed by atoms with van der Waals surface area (Å²) in [4.78, 5) is 8.70. The number of methoxy groups -OCH3 is 1. The fraction of sp³-hybridized carbons (Fsp3) is 0.474. The summed E-state index contributed by atoms with van der Waals surface area (Å²) in [6.07, 6.45) is 3.83. The molecular weight excluding hydrogens is 457 g/mol. The maximum absolute atomic E-state index is 5.55. The Balaban J connectivity index is 0.00000364. The van der Waals surface area contributed by atoms with E-state index in [4.69, 9.17) is 9.47 Å². The van der Waals surface area contributed by atoms with Crippen LogP contribution in [0.2, 0.25) is 0 Å². The topological polar surface area (TPSA) is 72.7 Å². The molecule has 0 fully saturated rings. The van der Waals surface area contributed by atoms with Gasteiger partial charge in [-0.1, -0.05) is 13.8 Å². The van der Waals surface area contributed by atoms with Gasteiger partial charge in [0.05, 0.1) is 20.3 Å². The van der Waals surface area contributed by atoms with E-state index >= 15 is 0 Å². The largest absolute Gasteiger partial charge is 0.493 e. The fourth-order valence-corrected chi connectivity index (χ4v) is 2.57. The van der Waals surface area contributed by atoms with E-state index < -0.39 is 0 Å². The maximum atomic E-state index is 5.55. The molecule has 0 amide bonds. The second-order valence-electron chi connectivity index (χ2n) is 6.24. The highest BCUT2D eigenvalue weighted by molar-refractivity contribution is 14.0. The van der Waals surface area contributed by atoms with Crippen LogP contribution in [0.15, 0.2) is 35.6 Å². The quantitative estimate of drug-likeness (QED) is 0.337. The molecule has 2 N–H and O–H groups in total. The zero-order valence-corrected chi connectivity index (χ0v) is 19.0. The first-order valence-corrected chi connectivity index (χ1v) is 8.85. The smallest absolute Gasteiger partial charge is 0.195 e. The second kappa shape index (κ2) is 11.7. The number of anilines is 1. The van der Waals surface area contributed by atoms with Gasteiger partial charge in [-0.15, -0.1) is 24.0 Å². The first kappa shape index (κ1) is 23.1. The second-order valence-corrected chi connectivity index (χ2v) is 6.24. The average molecular weight is 487 g/mol. The van der Waals surface area contributed by atoms with Crippen LogP contribution < -0.4 is 20.1 Å². The number of nitrogens with one attached hydrogen (secondary N) is 2. The molecule has 0 radical (unpaired) electrons. The van der Waals surface area contributed by atoms with Crippen LogP contribution in [0.3, 0.4) is 0 Å². The summed E-state index contributed by atoms with van der Waals surface area (Å²) in [5.74, 6) is 3.61. The van der Waals surface area contributed by atoms with Crippen molar-refractivity contribution < 1.29 is 9.47 Å². The van der Waals surface area contributed by atoms with Crippen molar-refractivity contribution in [2.24, 2.45) is 10.9 Å². The van der Waals surface area contributed by atoms with Crippen molar-refractivity contribution in [2.75, 3.05) is 26.1 Å². The van der Waals surface area contributed by atoms with Gasteiger partial charge >= 0.3 is 0 Å². The molecule has 0 spiro atoms. The Bertz CT molecular complexity index is 731. The highest BCUT2D eigenvalue weighted by Gasteiger charge is 2.09. The number of aliphatic imine (C=N–C) groups is 1. The van der Waals surface area contributed by atoms with Gasteiger partial charge in [-0.3, -0.25) is 4.99 Å². The molecule has 1 heterocycles. The van der Waals surface area contributed by atoms with Gasteiger partial charge in [0.1, 0.15) is 5.82 Å². The molecule has 0 saturated heterocycles. The highest BCUT2D eigenvalue weighted by Crippen LogP contribution is 2.30. The van der Waals surface area contributed by atoms with Gasteiger partial charge in [0.25, 0.3) is 0 Å². The molecule has 8 heteroatoms. The van der Waals surface area contributed by atoms with Crippen molar-refractivity contribution in [1.29, 1.82) is 0 Å². The number of nitrogens with zero attached hydrogens (tertiary/aromatic N) is 3. The van der Waals surface area contributed by atoms with Crippen molar-refractivity contribution in [3.05, 3.63) is 36.4 Å². The minimum atomic E-state index is 0. The number of guanidine groups is 1. The third-order valence-electron chi connectivity index (χ3n) is 3.73. The molecular formula is C19H30IN5O2. The molecule has 150 valence electrons. The maximum Gasteiger partial charge on any atom is 0.195 e. The Morgan fingerprint density at radius 2 is 2.07 bits per heavy atom. The van der Waals surface area contributed by atoms with Gasteiger partial charge in [0.15, 0.2) is 17.5 Å². The predicted octanol–water partition coefficient (Wildman–Crippen LogP) is 3.75. The van der Waals surface area contributed by atoms with Gasteiger partial charge in [-0.25, -0.2) is 4.98 Å². The Labute approximate surface area is 178 Å². The van der Waals surface area contributed by atoms with Crippen LogP contribution in [0, 0.1) is 5.92 Å². The van der Waals surface area contributed by atoms with Crippen LogP contribution in [-0.2, 0) is 13.1 Å². The minimum Gasteiger partial charge on any atom is -0.493 e. The zero-order chi connectivity index (χ0) is 18.9. The minimum absolute atomic E-state index is 0. The van der Waals surface area contributed by atoms with E-state index in [1.165, 1.54) is 0 Å². The lowest BCUT2D eigenvalue weighted by Crippen LogP contribution is -2.31. The molecule has 2 aromatic rings. The van der Waals surface area contributed by atoms with Gasteiger partial charge in [0, 0.05) is 37.7 Å². The molecule has 0 aliphatic carbocycles. The molecule has 0 bridgehead atoms. The lowest BCUT2D eigenvalue weighted by molar-refractivity contribution is 0.311. The number of imidazole rings is 1. The van der Waals surface area contributed by atoms with E-state index in [2.05, 4.69) is 39.0 Å². The summed E-state index contributed by atoms with van der Waals surface area (Å²) >= 11 is 0. The third-order valence-corrected chi connectivity index (χ3v) is 3.73. The molecule has 0 aliphatic heterocycles. The van der Waals surface area contributed by atoms with Crippen LogP contribution in [0.5, 0.6) is 11.5 Å². The lowest BCUT2D eigenvalue weighted by Gasteiger charge is -2.15. The van der Waals surface area contributed by atoms with E-state index in [0.29, 0.717) is 30.8 Å². The molecule has 0 atom stereocenters. The standard InChI is InChI=1S/C19H29N5O2.HI/c1-6-26-16-8-7-15(11-17(16)25-5)23-19(20-4)22-12-18-21-9-10-24(18)13-14(2)3;/h7-11,14H,6,12-13H2,1-5H3,(H2,20,22,23);1H. The fourth-order valence-electron chi connectivity index (χ4n) is 2.57. The zero-order valence-electron chi connectivity index (χ0n) is 16.7. The van der Waals surface area contributed by atoms with Crippen LogP contribution in [0.4, 0.5) is 5.69 Å². The molecule has 1 aromatic heterocycles. The van der Waals surface area contributed by atoms with Crippen LogP contribution >= 0.6 is 24.0 Å². The Morgan fingerprint density at radius 3 is 2.70 bits per heavy atom. The molecule has 0 aliphatic rings. The number of hydrogen-bond acceptors (Lipinski definition) is 4. The lowest BCUT2D eigenvalue weighted by atomic mass is 10.2. The Hall–Kier alpha value is -1.97. The summed E-state index contributed by atoms with van der Waals surface area (Å²) < 4.78 is 13.1. The number of aromatic nitrogens is 2. The summed E-state index contributed by atoms with van der Waals surface area (Å²) in [7, 11) is 3.37. The van der Waals surface area contributed by atoms with Crippen molar-refractivity contribution in [3.8, 4) is 11.5 Å². The van der Waals surface area contributed by atoms with Crippen molar-refractivity contribution in [3.63, 3.8) is 0 Å². The highest BCUT2D eigenvalue weighted by atomic mass is 127. The number of hydrogen-bond donors (Lipinski definition) is 2. The monoisotopic (exact) mass is 487 g/mol. The SMILES string of the molecule is CCOc1ccc(NC(=NC)NCc2nccn2CC(C)C)cc1OC.I. The van der Waals surface area contributed by atoms with Gasteiger partial charge in [-0.2, -0.15) is 0 Å². The van der Waals surface area contributed by atoms with E-state index in [1.807, 2.05) is 37.5 Å². The third kappa shape index (κ3) is 6.93. The Morgan fingerprint density at radius 1 is 1.30 bits per heavy atom. The molecule has 7 nitrogen and oxygen atoms in total. The molecule has 1 aromatic carbocycles. The summed E-state index contributed by atoms with van der Waals surface area (Å²) in [6, 6.07) is 5.70. The summed E-state index contributed by atoms with van der Waals surface area (Å²) in [5, 5.41) is 6.56. The van der Waals surface area contributed by atoms with Gasteiger partial charge in [-0.05, 0) is 25.0 Å². The van der Waals surface area contributed by atoms with Gasteiger partial charge < -0.3 is 24.7 Å². The van der Waals surface area contributed by atoms with E-state index in [0.717, 1.165) is 23.8 Å². The molecule has 0 unspecified atom stereocenters. The number of halogens is 1. The molecule has 2 rings (SSSR count). The number of benzene rings is 1. The number of rotatable bonds is 8. The predicted molar refractivity (Wildman–Crippen MR) is 120 cm³/mol. The molecule has 0 saturated carbocycles.